The average molecular weight is 297 g/mol. The van der Waals surface area contributed by atoms with Gasteiger partial charge in [-0.25, -0.2) is 0 Å². The summed E-state index contributed by atoms with van der Waals surface area (Å²) in [5.41, 5.74) is 1.98. The van der Waals surface area contributed by atoms with Gasteiger partial charge in [0.05, 0.1) is 7.11 Å². The zero-order valence-corrected chi connectivity index (χ0v) is 13.2. The number of ketones is 1. The molecule has 0 spiro atoms. The zero-order valence-electron chi connectivity index (χ0n) is 13.2. The summed E-state index contributed by atoms with van der Waals surface area (Å²) in [7, 11) is 1.66. The summed E-state index contributed by atoms with van der Waals surface area (Å²) in [6, 6.07) is 17.5. The molecule has 1 unspecified atom stereocenters. The van der Waals surface area contributed by atoms with Gasteiger partial charge in [0.15, 0.2) is 5.78 Å². The van der Waals surface area contributed by atoms with E-state index < -0.39 is 0 Å². The Kier molecular flexibility index (Phi) is 6.16. The molecule has 0 saturated carbocycles. The summed E-state index contributed by atoms with van der Waals surface area (Å²) in [6.45, 7) is 3.50. The maximum atomic E-state index is 12.4. The van der Waals surface area contributed by atoms with Crippen LogP contribution < -0.4 is 10.1 Å². The Labute approximate surface area is 132 Å². The number of hydrogen-bond acceptors (Lipinski definition) is 3. The van der Waals surface area contributed by atoms with E-state index in [0.717, 1.165) is 24.3 Å². The van der Waals surface area contributed by atoms with Gasteiger partial charge in [0, 0.05) is 24.6 Å². The van der Waals surface area contributed by atoms with E-state index in [1.54, 1.807) is 7.11 Å². The Morgan fingerprint density at radius 2 is 1.77 bits per heavy atom. The third-order valence-electron chi connectivity index (χ3n) is 3.80. The molecule has 3 heteroatoms. The predicted molar refractivity (Wildman–Crippen MR) is 89.3 cm³/mol. The number of Topliss-reactive ketones (excluding diaryl/α,β-unsaturated/α-hetero) is 1. The van der Waals surface area contributed by atoms with Crippen molar-refractivity contribution in [2.75, 3.05) is 13.7 Å². The molecule has 0 aliphatic rings. The minimum absolute atomic E-state index is 0.0145. The maximum absolute atomic E-state index is 12.4. The smallest absolute Gasteiger partial charge is 0.167 e. The van der Waals surface area contributed by atoms with E-state index in [4.69, 9.17) is 4.74 Å². The summed E-state index contributed by atoms with van der Waals surface area (Å²) < 4.78 is 5.14. The van der Waals surface area contributed by atoms with Crippen LogP contribution in [0.25, 0.3) is 0 Å². The maximum Gasteiger partial charge on any atom is 0.167 e. The molecule has 0 bridgehead atoms. The van der Waals surface area contributed by atoms with Crippen LogP contribution in [0.3, 0.4) is 0 Å². The normalized spacial score (nSPS) is 11.9. The Bertz CT molecular complexity index is 578. The Morgan fingerprint density at radius 1 is 1.09 bits per heavy atom. The van der Waals surface area contributed by atoms with Crippen molar-refractivity contribution >= 4 is 5.78 Å². The van der Waals surface area contributed by atoms with Crippen LogP contribution >= 0.6 is 0 Å². The molecule has 0 aliphatic heterocycles. The second-order valence-corrected chi connectivity index (χ2v) is 5.31. The molecular formula is C19H23NO2. The second-order valence-electron chi connectivity index (χ2n) is 5.31. The molecule has 2 aromatic rings. The number of methoxy groups -OCH3 is 1. The summed E-state index contributed by atoms with van der Waals surface area (Å²) >= 11 is 0. The monoisotopic (exact) mass is 297 g/mol. The van der Waals surface area contributed by atoms with Crippen LogP contribution in [-0.4, -0.2) is 19.4 Å². The molecule has 0 aliphatic carbocycles. The van der Waals surface area contributed by atoms with Gasteiger partial charge in [-0.3, -0.25) is 4.79 Å². The average Bonchev–Trinajstić information content (AvgIpc) is 2.59. The van der Waals surface area contributed by atoms with Crippen LogP contribution in [0.5, 0.6) is 5.75 Å². The molecule has 116 valence electrons. The summed E-state index contributed by atoms with van der Waals surface area (Å²) in [6.07, 6.45) is 0.837. The molecule has 0 amide bonds. The van der Waals surface area contributed by atoms with Crippen molar-refractivity contribution in [1.29, 1.82) is 0 Å². The quantitative estimate of drug-likeness (QED) is 0.755. The highest BCUT2D eigenvalue weighted by Gasteiger charge is 2.17. The highest BCUT2D eigenvalue weighted by Crippen LogP contribution is 2.13. The number of benzene rings is 2. The highest BCUT2D eigenvalue weighted by atomic mass is 16.5. The van der Waals surface area contributed by atoms with Crippen LogP contribution in [0.4, 0.5) is 0 Å². The Balaban J connectivity index is 1.86. The fourth-order valence-corrected chi connectivity index (χ4v) is 2.39. The Hall–Kier alpha value is -2.13. The molecule has 22 heavy (non-hydrogen) atoms. The van der Waals surface area contributed by atoms with E-state index in [1.165, 1.54) is 5.56 Å². The minimum Gasteiger partial charge on any atom is -0.497 e. The van der Waals surface area contributed by atoms with Gasteiger partial charge in [-0.2, -0.15) is 0 Å². The first-order valence-corrected chi connectivity index (χ1v) is 7.67. The highest BCUT2D eigenvalue weighted by molar-refractivity contribution is 5.97. The van der Waals surface area contributed by atoms with Gasteiger partial charge in [0.1, 0.15) is 5.75 Å². The molecule has 0 heterocycles. The molecule has 0 aromatic heterocycles. The van der Waals surface area contributed by atoms with Crippen molar-refractivity contribution in [3.63, 3.8) is 0 Å². The van der Waals surface area contributed by atoms with Crippen molar-refractivity contribution in [1.82, 2.24) is 5.32 Å². The van der Waals surface area contributed by atoms with Crippen LogP contribution in [0.2, 0.25) is 0 Å². The van der Waals surface area contributed by atoms with Crippen molar-refractivity contribution in [3.8, 4) is 5.75 Å². The largest absolute Gasteiger partial charge is 0.497 e. The van der Waals surface area contributed by atoms with Gasteiger partial charge in [-0.05, 0) is 24.1 Å². The van der Waals surface area contributed by atoms with Gasteiger partial charge in [-0.15, -0.1) is 0 Å². The number of rotatable bonds is 8. The molecule has 0 radical (unpaired) electrons. The molecule has 0 saturated heterocycles. The minimum atomic E-state index is 0.0145. The van der Waals surface area contributed by atoms with Gasteiger partial charge < -0.3 is 10.1 Å². The molecule has 3 nitrogen and oxygen atoms in total. The van der Waals surface area contributed by atoms with Crippen molar-refractivity contribution in [2.24, 2.45) is 5.92 Å². The lowest BCUT2D eigenvalue weighted by Gasteiger charge is -2.15. The standard InChI is InChI=1S/C19H23NO2/c1-3-16(19(21)17-7-5-4-6-8-17)14-20-13-15-9-11-18(22-2)12-10-15/h4-12,16,20H,3,13-14H2,1-2H3. The van der Waals surface area contributed by atoms with Gasteiger partial charge in [-0.1, -0.05) is 49.4 Å². The number of ether oxygens (including phenoxy) is 1. The van der Waals surface area contributed by atoms with E-state index in [9.17, 15) is 4.79 Å². The molecule has 1 N–H and O–H groups in total. The number of carbonyl (C=O) groups is 1. The van der Waals surface area contributed by atoms with Crippen molar-refractivity contribution < 1.29 is 9.53 Å². The lowest BCUT2D eigenvalue weighted by atomic mass is 9.95. The van der Waals surface area contributed by atoms with Crippen molar-refractivity contribution in [3.05, 3.63) is 65.7 Å². The Morgan fingerprint density at radius 3 is 2.36 bits per heavy atom. The van der Waals surface area contributed by atoms with Gasteiger partial charge in [0.25, 0.3) is 0 Å². The van der Waals surface area contributed by atoms with E-state index in [1.807, 2.05) is 54.6 Å². The third-order valence-corrected chi connectivity index (χ3v) is 3.80. The SMILES string of the molecule is CCC(CNCc1ccc(OC)cc1)C(=O)c1ccccc1. The molecule has 1 atom stereocenters. The van der Waals surface area contributed by atoms with Crippen LogP contribution in [-0.2, 0) is 6.54 Å². The third kappa shape index (κ3) is 4.43. The zero-order chi connectivity index (χ0) is 15.8. The number of nitrogens with one attached hydrogen (secondary N) is 1. The topological polar surface area (TPSA) is 38.3 Å². The van der Waals surface area contributed by atoms with E-state index in [-0.39, 0.29) is 11.7 Å². The molecule has 2 aromatic carbocycles. The molecule has 2 rings (SSSR count). The van der Waals surface area contributed by atoms with Gasteiger partial charge >= 0.3 is 0 Å². The van der Waals surface area contributed by atoms with Crippen LogP contribution in [0.1, 0.15) is 29.3 Å². The summed E-state index contributed by atoms with van der Waals surface area (Å²) in [5.74, 6) is 1.08. The lowest BCUT2D eigenvalue weighted by Crippen LogP contribution is -2.28. The number of hydrogen-bond donors (Lipinski definition) is 1. The first kappa shape index (κ1) is 16.2. The van der Waals surface area contributed by atoms with Crippen LogP contribution in [0.15, 0.2) is 54.6 Å². The van der Waals surface area contributed by atoms with Crippen molar-refractivity contribution in [2.45, 2.75) is 19.9 Å². The van der Waals surface area contributed by atoms with Gasteiger partial charge in [0.2, 0.25) is 0 Å². The molecular weight excluding hydrogens is 274 g/mol. The molecule has 0 fully saturated rings. The fraction of sp³-hybridized carbons (Fsp3) is 0.316. The fourth-order valence-electron chi connectivity index (χ4n) is 2.39. The van der Waals surface area contributed by atoms with E-state index in [2.05, 4.69) is 12.2 Å². The second kappa shape index (κ2) is 8.35. The first-order valence-electron chi connectivity index (χ1n) is 7.67. The summed E-state index contributed by atoms with van der Waals surface area (Å²) in [4.78, 5) is 12.4. The van der Waals surface area contributed by atoms with E-state index >= 15 is 0 Å². The van der Waals surface area contributed by atoms with Crippen LogP contribution in [0, 0.1) is 5.92 Å². The lowest BCUT2D eigenvalue weighted by molar-refractivity contribution is 0.0915. The first-order chi connectivity index (χ1) is 10.7. The van der Waals surface area contributed by atoms with E-state index in [0.29, 0.717) is 6.54 Å². The summed E-state index contributed by atoms with van der Waals surface area (Å²) in [5, 5.41) is 3.38. The number of carbonyl (C=O) groups excluding carboxylic acids is 1. The predicted octanol–water partition coefficient (Wildman–Crippen LogP) is 3.69.